The molecule has 3 heteroatoms. The second kappa shape index (κ2) is 9.15. The molecule has 3 nitrogen and oxygen atoms in total. The zero-order valence-electron chi connectivity index (χ0n) is 15.5. The Bertz CT molecular complexity index is 864. The highest BCUT2D eigenvalue weighted by Crippen LogP contribution is 2.24. The van der Waals surface area contributed by atoms with E-state index in [1.54, 1.807) is 12.1 Å². The zero-order chi connectivity index (χ0) is 19.1. The summed E-state index contributed by atoms with van der Waals surface area (Å²) in [5.41, 5.74) is 5.24. The third-order valence-corrected chi connectivity index (χ3v) is 4.47. The summed E-state index contributed by atoms with van der Waals surface area (Å²) in [6.07, 6.45) is 8.77. The number of aliphatic hydroxyl groups excluding tert-OH is 1. The summed E-state index contributed by atoms with van der Waals surface area (Å²) in [6.45, 7) is 1.83. The van der Waals surface area contributed by atoms with Gasteiger partial charge in [0.15, 0.2) is 0 Å². The van der Waals surface area contributed by atoms with Crippen LogP contribution in [0.1, 0.15) is 31.7 Å². The molecule has 0 aliphatic rings. The van der Waals surface area contributed by atoms with E-state index < -0.39 is 0 Å². The third kappa shape index (κ3) is 5.53. The minimum Gasteiger partial charge on any atom is -0.508 e. The Morgan fingerprint density at radius 3 is 2.19 bits per heavy atom. The zero-order valence-corrected chi connectivity index (χ0v) is 15.5. The molecule has 27 heavy (non-hydrogen) atoms. The molecule has 1 atom stereocenters. The Morgan fingerprint density at radius 1 is 0.889 bits per heavy atom. The van der Waals surface area contributed by atoms with Crippen molar-refractivity contribution in [2.75, 3.05) is 0 Å². The van der Waals surface area contributed by atoms with E-state index in [1.807, 2.05) is 31.3 Å². The topological polar surface area (TPSA) is 53.4 Å². The van der Waals surface area contributed by atoms with Crippen molar-refractivity contribution in [3.63, 3.8) is 0 Å². The largest absolute Gasteiger partial charge is 0.508 e. The van der Waals surface area contributed by atoms with E-state index in [4.69, 9.17) is 0 Å². The van der Waals surface area contributed by atoms with E-state index in [0.29, 0.717) is 0 Å². The normalized spacial score (nSPS) is 12.4. The molecule has 2 N–H and O–H groups in total. The monoisotopic (exact) mass is 359 g/mol. The lowest BCUT2D eigenvalue weighted by Gasteiger charge is -2.05. The van der Waals surface area contributed by atoms with Crippen LogP contribution < -0.4 is 0 Å². The molecule has 0 aliphatic heterocycles. The van der Waals surface area contributed by atoms with Crippen molar-refractivity contribution in [2.24, 2.45) is 0 Å². The molecule has 0 bridgehead atoms. The Kier molecular flexibility index (Phi) is 6.39. The maximum atomic E-state index is 9.39. The molecular formula is C24H25NO2. The molecule has 0 radical (unpaired) electrons. The summed E-state index contributed by atoms with van der Waals surface area (Å²) in [6, 6.07) is 19.5. The lowest BCUT2D eigenvalue weighted by atomic mass is 10.0. The first kappa shape index (κ1) is 18.9. The van der Waals surface area contributed by atoms with Crippen molar-refractivity contribution in [2.45, 2.75) is 32.3 Å². The number of unbranched alkanes of at least 4 members (excludes halogenated alkanes) is 1. The fourth-order valence-corrected chi connectivity index (χ4v) is 2.90. The first-order valence-corrected chi connectivity index (χ1v) is 9.32. The molecule has 2 aromatic carbocycles. The predicted octanol–water partition coefficient (Wildman–Crippen LogP) is 5.69. The van der Waals surface area contributed by atoms with Gasteiger partial charge in [0, 0.05) is 17.3 Å². The van der Waals surface area contributed by atoms with Gasteiger partial charge in [-0.1, -0.05) is 42.5 Å². The summed E-state index contributed by atoms with van der Waals surface area (Å²) in [7, 11) is 0. The van der Waals surface area contributed by atoms with Crippen molar-refractivity contribution in [1.29, 1.82) is 0 Å². The van der Waals surface area contributed by atoms with Gasteiger partial charge in [0.25, 0.3) is 0 Å². The molecule has 0 amide bonds. The second-order valence-corrected chi connectivity index (χ2v) is 6.78. The number of aromatic hydroxyl groups is 1. The number of rotatable bonds is 7. The van der Waals surface area contributed by atoms with Gasteiger partial charge >= 0.3 is 0 Å². The molecule has 1 heterocycles. The number of hydrogen-bond donors (Lipinski definition) is 2. The van der Waals surface area contributed by atoms with Crippen LogP contribution in [0.3, 0.4) is 0 Å². The maximum absolute atomic E-state index is 9.39. The van der Waals surface area contributed by atoms with E-state index in [-0.39, 0.29) is 11.9 Å². The summed E-state index contributed by atoms with van der Waals surface area (Å²) in [5, 5.41) is 18.6. The molecule has 3 aromatic rings. The number of allylic oxidation sites excluding steroid dienone is 1. The minimum atomic E-state index is -0.216. The highest BCUT2D eigenvalue weighted by molar-refractivity contribution is 5.68. The van der Waals surface area contributed by atoms with Crippen molar-refractivity contribution < 1.29 is 10.2 Å². The first-order valence-electron chi connectivity index (χ1n) is 9.32. The van der Waals surface area contributed by atoms with E-state index in [2.05, 4.69) is 47.5 Å². The lowest BCUT2D eigenvalue weighted by molar-refractivity contribution is 0.182. The van der Waals surface area contributed by atoms with Crippen molar-refractivity contribution in [3.05, 3.63) is 78.5 Å². The number of nitrogens with zero attached hydrogens (tertiary/aromatic N) is 1. The smallest absolute Gasteiger partial charge is 0.115 e. The predicted molar refractivity (Wildman–Crippen MR) is 111 cm³/mol. The molecule has 0 spiro atoms. The number of pyridine rings is 1. The van der Waals surface area contributed by atoms with Crippen LogP contribution in [-0.2, 0) is 0 Å². The van der Waals surface area contributed by atoms with Crippen LogP contribution in [0.25, 0.3) is 28.5 Å². The summed E-state index contributed by atoms with van der Waals surface area (Å²) < 4.78 is 0. The van der Waals surface area contributed by atoms with Crippen LogP contribution >= 0.6 is 0 Å². The Balaban J connectivity index is 1.63. The Hall–Kier alpha value is -2.91. The van der Waals surface area contributed by atoms with E-state index >= 15 is 0 Å². The van der Waals surface area contributed by atoms with Gasteiger partial charge in [-0.2, -0.15) is 0 Å². The molecular weight excluding hydrogens is 334 g/mol. The second-order valence-electron chi connectivity index (χ2n) is 6.78. The van der Waals surface area contributed by atoms with Crippen LogP contribution in [0, 0.1) is 0 Å². The van der Waals surface area contributed by atoms with Gasteiger partial charge in [-0.3, -0.25) is 4.98 Å². The van der Waals surface area contributed by atoms with Crippen LogP contribution in [-0.4, -0.2) is 21.3 Å². The summed E-state index contributed by atoms with van der Waals surface area (Å²) >= 11 is 0. The maximum Gasteiger partial charge on any atom is 0.115 e. The molecule has 0 saturated carbocycles. The van der Waals surface area contributed by atoms with E-state index in [9.17, 15) is 10.2 Å². The average molecular weight is 359 g/mol. The van der Waals surface area contributed by atoms with Gasteiger partial charge < -0.3 is 10.2 Å². The van der Waals surface area contributed by atoms with Crippen molar-refractivity contribution in [3.8, 4) is 28.1 Å². The highest BCUT2D eigenvalue weighted by Gasteiger charge is 2.02. The Labute approximate surface area is 160 Å². The number of phenolic OH excluding ortho intramolecular Hbond substituents is 1. The fraction of sp³-hybridized carbons (Fsp3) is 0.208. The van der Waals surface area contributed by atoms with Gasteiger partial charge in [0.2, 0.25) is 0 Å². The van der Waals surface area contributed by atoms with Crippen LogP contribution in [0.15, 0.2) is 72.9 Å². The Morgan fingerprint density at radius 2 is 1.56 bits per heavy atom. The summed E-state index contributed by atoms with van der Waals surface area (Å²) in [4.78, 5) is 4.55. The quantitative estimate of drug-likeness (QED) is 0.533. The van der Waals surface area contributed by atoms with Crippen LogP contribution in [0.4, 0.5) is 0 Å². The SMILES string of the molecule is CC(O)CCCC=Cc1ccc(-c2ccc(-c3ccc(O)cc3)nc2)cc1. The van der Waals surface area contributed by atoms with Gasteiger partial charge in [-0.15, -0.1) is 0 Å². The fourth-order valence-electron chi connectivity index (χ4n) is 2.90. The molecule has 0 saturated heterocycles. The summed E-state index contributed by atoms with van der Waals surface area (Å²) in [5.74, 6) is 0.257. The average Bonchev–Trinajstić information content (AvgIpc) is 2.69. The van der Waals surface area contributed by atoms with Crippen LogP contribution in [0.5, 0.6) is 5.75 Å². The number of aliphatic hydroxyl groups is 1. The standard InChI is InChI=1S/C24H25NO2/c1-18(26)5-3-2-4-6-19-7-9-20(10-8-19)22-13-16-24(25-17-22)21-11-14-23(27)15-12-21/h4,6-18,26-27H,2-3,5H2,1H3. The number of hydrogen-bond acceptors (Lipinski definition) is 3. The van der Waals surface area contributed by atoms with Gasteiger partial charge in [-0.05, 0) is 67.6 Å². The minimum absolute atomic E-state index is 0.216. The van der Waals surface area contributed by atoms with E-state index in [1.165, 1.54) is 5.56 Å². The van der Waals surface area contributed by atoms with Crippen molar-refractivity contribution in [1.82, 2.24) is 4.98 Å². The highest BCUT2D eigenvalue weighted by atomic mass is 16.3. The molecule has 138 valence electrons. The van der Waals surface area contributed by atoms with Gasteiger partial charge in [0.05, 0.1) is 11.8 Å². The lowest BCUT2D eigenvalue weighted by Crippen LogP contribution is -1.97. The molecule has 1 aromatic heterocycles. The first-order chi connectivity index (χ1) is 13.1. The molecule has 1 unspecified atom stereocenters. The third-order valence-electron chi connectivity index (χ3n) is 4.47. The molecule has 3 rings (SSSR count). The number of phenols is 1. The van der Waals surface area contributed by atoms with Crippen molar-refractivity contribution >= 4 is 6.08 Å². The van der Waals surface area contributed by atoms with E-state index in [0.717, 1.165) is 41.6 Å². The van der Waals surface area contributed by atoms with Gasteiger partial charge in [0.1, 0.15) is 5.75 Å². The number of benzene rings is 2. The molecule has 0 fully saturated rings. The van der Waals surface area contributed by atoms with Crippen LogP contribution in [0.2, 0.25) is 0 Å². The number of aromatic nitrogens is 1. The van der Waals surface area contributed by atoms with Gasteiger partial charge in [-0.25, -0.2) is 0 Å². The molecule has 0 aliphatic carbocycles.